The fraction of sp³-hybridized carbons (Fsp3) is 0.167. The van der Waals surface area contributed by atoms with Crippen molar-refractivity contribution in [2.24, 2.45) is 0 Å². The van der Waals surface area contributed by atoms with Crippen LogP contribution in [0.5, 0.6) is 0 Å². The van der Waals surface area contributed by atoms with Gasteiger partial charge in [0.15, 0.2) is 0 Å². The standard InChI is InChI=1S/C12H7F3N2/c13-12(14,15)11-7-17-6-9-5-8(3-4-16)1-2-10(9)11/h1-2,5-7H,3H2. The number of alkyl halides is 3. The molecule has 2 rings (SSSR count). The van der Waals surface area contributed by atoms with Gasteiger partial charge in [0.2, 0.25) is 0 Å². The van der Waals surface area contributed by atoms with Crippen LogP contribution in [0.3, 0.4) is 0 Å². The number of halogens is 3. The Hall–Kier alpha value is -2.09. The number of nitrogens with zero attached hydrogens (tertiary/aromatic N) is 2. The number of benzene rings is 1. The van der Waals surface area contributed by atoms with Crippen molar-refractivity contribution in [2.45, 2.75) is 12.6 Å². The van der Waals surface area contributed by atoms with Crippen LogP contribution in [0.15, 0.2) is 30.6 Å². The van der Waals surface area contributed by atoms with E-state index in [-0.39, 0.29) is 11.8 Å². The van der Waals surface area contributed by atoms with Crippen molar-refractivity contribution in [2.75, 3.05) is 0 Å². The summed E-state index contributed by atoms with van der Waals surface area (Å²) in [5.74, 6) is 0. The Morgan fingerprint density at radius 1 is 1.24 bits per heavy atom. The SMILES string of the molecule is N#CCc1ccc2c(C(F)(F)F)cncc2c1. The third-order valence-corrected chi connectivity index (χ3v) is 2.41. The van der Waals surface area contributed by atoms with Crippen molar-refractivity contribution >= 4 is 10.8 Å². The zero-order valence-electron chi connectivity index (χ0n) is 8.62. The van der Waals surface area contributed by atoms with E-state index in [1.54, 1.807) is 6.07 Å². The second kappa shape index (κ2) is 4.06. The zero-order valence-corrected chi connectivity index (χ0v) is 8.62. The van der Waals surface area contributed by atoms with Crippen LogP contribution in [0.4, 0.5) is 13.2 Å². The van der Waals surface area contributed by atoms with E-state index >= 15 is 0 Å². The van der Waals surface area contributed by atoms with Gasteiger partial charge in [0.25, 0.3) is 0 Å². The van der Waals surface area contributed by atoms with Crippen LogP contribution in [0.1, 0.15) is 11.1 Å². The summed E-state index contributed by atoms with van der Waals surface area (Å²) in [7, 11) is 0. The number of hydrogen-bond acceptors (Lipinski definition) is 2. The highest BCUT2D eigenvalue weighted by Gasteiger charge is 2.32. The molecule has 5 heteroatoms. The molecule has 1 aromatic heterocycles. The molecule has 0 fully saturated rings. The fourth-order valence-corrected chi connectivity index (χ4v) is 1.65. The predicted molar refractivity (Wildman–Crippen MR) is 56.1 cm³/mol. The Kier molecular flexibility index (Phi) is 2.72. The van der Waals surface area contributed by atoms with Gasteiger partial charge in [-0.05, 0) is 17.0 Å². The van der Waals surface area contributed by atoms with E-state index in [0.29, 0.717) is 10.9 Å². The van der Waals surface area contributed by atoms with Crippen LogP contribution < -0.4 is 0 Å². The van der Waals surface area contributed by atoms with Crippen LogP contribution in [-0.2, 0) is 12.6 Å². The maximum atomic E-state index is 12.7. The Morgan fingerprint density at radius 3 is 2.65 bits per heavy atom. The third kappa shape index (κ3) is 2.21. The molecule has 0 N–H and O–H groups in total. The summed E-state index contributed by atoms with van der Waals surface area (Å²) < 4.78 is 38.0. The smallest absolute Gasteiger partial charge is 0.263 e. The molecular formula is C12H7F3N2. The van der Waals surface area contributed by atoms with Crippen LogP contribution in [0.2, 0.25) is 0 Å². The second-order valence-electron chi connectivity index (χ2n) is 3.58. The summed E-state index contributed by atoms with van der Waals surface area (Å²) in [6.45, 7) is 0. The molecule has 0 saturated heterocycles. The number of hydrogen-bond donors (Lipinski definition) is 0. The molecule has 1 heterocycles. The van der Waals surface area contributed by atoms with E-state index in [9.17, 15) is 13.2 Å². The minimum absolute atomic E-state index is 0.106. The molecule has 0 atom stereocenters. The predicted octanol–water partition coefficient (Wildman–Crippen LogP) is 3.32. The molecule has 0 amide bonds. The number of pyridine rings is 1. The minimum Gasteiger partial charge on any atom is -0.263 e. The third-order valence-electron chi connectivity index (χ3n) is 2.41. The summed E-state index contributed by atoms with van der Waals surface area (Å²) in [6.07, 6.45) is -2.06. The van der Waals surface area contributed by atoms with E-state index in [0.717, 1.165) is 6.20 Å². The van der Waals surface area contributed by atoms with Gasteiger partial charge in [0.1, 0.15) is 0 Å². The van der Waals surface area contributed by atoms with E-state index in [2.05, 4.69) is 4.98 Å². The second-order valence-corrected chi connectivity index (χ2v) is 3.58. The largest absolute Gasteiger partial charge is 0.418 e. The maximum Gasteiger partial charge on any atom is 0.418 e. The molecular weight excluding hydrogens is 229 g/mol. The molecule has 2 nitrogen and oxygen atoms in total. The van der Waals surface area contributed by atoms with Crippen LogP contribution in [0, 0.1) is 11.3 Å². The maximum absolute atomic E-state index is 12.7. The molecule has 0 unspecified atom stereocenters. The van der Waals surface area contributed by atoms with Crippen molar-refractivity contribution in [3.63, 3.8) is 0 Å². The fourth-order valence-electron chi connectivity index (χ4n) is 1.65. The quantitative estimate of drug-likeness (QED) is 0.761. The van der Waals surface area contributed by atoms with Gasteiger partial charge < -0.3 is 0 Å². The molecule has 86 valence electrons. The summed E-state index contributed by atoms with van der Waals surface area (Å²) in [6, 6.07) is 6.42. The van der Waals surface area contributed by atoms with Crippen molar-refractivity contribution < 1.29 is 13.2 Å². The molecule has 1 aromatic carbocycles. The molecule has 0 aliphatic heterocycles. The lowest BCUT2D eigenvalue weighted by atomic mass is 10.0. The van der Waals surface area contributed by atoms with E-state index in [4.69, 9.17) is 5.26 Å². The summed E-state index contributed by atoms with van der Waals surface area (Å²) >= 11 is 0. The highest BCUT2D eigenvalue weighted by Crippen LogP contribution is 2.34. The summed E-state index contributed by atoms with van der Waals surface area (Å²) in [4.78, 5) is 3.58. The Balaban J connectivity index is 2.64. The average Bonchev–Trinajstić information content (AvgIpc) is 2.27. The Morgan fingerprint density at radius 2 is 2.00 bits per heavy atom. The molecule has 0 bridgehead atoms. The summed E-state index contributed by atoms with van der Waals surface area (Å²) in [5, 5.41) is 9.03. The van der Waals surface area contributed by atoms with E-state index in [1.165, 1.54) is 18.3 Å². The lowest BCUT2D eigenvalue weighted by Crippen LogP contribution is -2.06. The Bertz CT molecular complexity index is 597. The molecule has 2 aromatic rings. The Labute approximate surface area is 95.3 Å². The topological polar surface area (TPSA) is 36.7 Å². The first-order valence-corrected chi connectivity index (χ1v) is 4.83. The minimum atomic E-state index is -4.41. The zero-order chi connectivity index (χ0) is 12.5. The first-order chi connectivity index (χ1) is 8.02. The molecule has 0 saturated carbocycles. The highest BCUT2D eigenvalue weighted by atomic mass is 19.4. The number of rotatable bonds is 1. The van der Waals surface area contributed by atoms with Crippen molar-refractivity contribution in [1.82, 2.24) is 4.98 Å². The van der Waals surface area contributed by atoms with Gasteiger partial charge in [-0.15, -0.1) is 0 Å². The lowest BCUT2D eigenvalue weighted by molar-refractivity contribution is -0.136. The van der Waals surface area contributed by atoms with Gasteiger partial charge in [-0.3, -0.25) is 4.98 Å². The van der Waals surface area contributed by atoms with Crippen LogP contribution in [0.25, 0.3) is 10.8 Å². The lowest BCUT2D eigenvalue weighted by Gasteiger charge is -2.09. The van der Waals surface area contributed by atoms with Crippen molar-refractivity contribution in [1.29, 1.82) is 5.26 Å². The average molecular weight is 236 g/mol. The first kappa shape index (κ1) is 11.4. The molecule has 0 aliphatic carbocycles. The normalized spacial score (nSPS) is 11.4. The highest BCUT2D eigenvalue weighted by molar-refractivity contribution is 5.85. The van der Waals surface area contributed by atoms with Crippen molar-refractivity contribution in [3.8, 4) is 6.07 Å². The van der Waals surface area contributed by atoms with Gasteiger partial charge in [-0.2, -0.15) is 18.4 Å². The number of nitriles is 1. The van der Waals surface area contributed by atoms with Crippen molar-refractivity contribution in [3.05, 3.63) is 41.7 Å². The molecule has 0 spiro atoms. The van der Waals surface area contributed by atoms with Gasteiger partial charge in [-0.25, -0.2) is 0 Å². The van der Waals surface area contributed by atoms with Gasteiger partial charge >= 0.3 is 6.18 Å². The molecule has 0 radical (unpaired) electrons. The number of aromatic nitrogens is 1. The molecule has 17 heavy (non-hydrogen) atoms. The van der Waals surface area contributed by atoms with Crippen LogP contribution in [-0.4, -0.2) is 4.98 Å². The van der Waals surface area contributed by atoms with E-state index in [1.807, 2.05) is 6.07 Å². The number of fused-ring (bicyclic) bond motifs is 1. The van der Waals surface area contributed by atoms with Gasteiger partial charge in [-0.1, -0.05) is 12.1 Å². The van der Waals surface area contributed by atoms with Gasteiger partial charge in [0, 0.05) is 17.8 Å². The first-order valence-electron chi connectivity index (χ1n) is 4.83. The monoisotopic (exact) mass is 236 g/mol. The van der Waals surface area contributed by atoms with Crippen LogP contribution >= 0.6 is 0 Å². The molecule has 0 aliphatic rings. The van der Waals surface area contributed by atoms with E-state index < -0.39 is 11.7 Å². The summed E-state index contributed by atoms with van der Waals surface area (Å²) in [5.41, 5.74) is -0.0698. The van der Waals surface area contributed by atoms with Gasteiger partial charge in [0.05, 0.1) is 18.1 Å².